The second-order valence-corrected chi connectivity index (χ2v) is 4.44. The molecule has 2 saturated carbocycles. The van der Waals surface area contributed by atoms with Crippen molar-refractivity contribution >= 4 is 11.8 Å². The third-order valence-electron chi connectivity index (χ3n) is 4.20. The van der Waals surface area contributed by atoms with Crippen molar-refractivity contribution in [3.8, 4) is 0 Å². The van der Waals surface area contributed by atoms with Gasteiger partial charge in [0.25, 0.3) is 0 Å². The molecule has 0 aromatic rings. The van der Waals surface area contributed by atoms with Crippen LogP contribution in [-0.2, 0) is 14.3 Å². The number of allylic oxidation sites excluding steroid dienone is 2. The van der Waals surface area contributed by atoms with Crippen molar-refractivity contribution in [1.82, 2.24) is 0 Å². The van der Waals surface area contributed by atoms with Crippen molar-refractivity contribution < 1.29 is 14.3 Å². The van der Waals surface area contributed by atoms with E-state index in [1.807, 2.05) is 12.2 Å². The van der Waals surface area contributed by atoms with E-state index in [2.05, 4.69) is 0 Å². The van der Waals surface area contributed by atoms with Gasteiger partial charge in [0.1, 0.15) is 5.78 Å². The largest absolute Gasteiger partial charge is 0.469 e. The van der Waals surface area contributed by atoms with Gasteiger partial charge in [0, 0.05) is 12.3 Å². The Morgan fingerprint density at radius 2 is 2.43 bits per heavy atom. The van der Waals surface area contributed by atoms with E-state index < -0.39 is 0 Å². The molecule has 4 atom stereocenters. The van der Waals surface area contributed by atoms with Crippen LogP contribution in [-0.4, -0.2) is 18.9 Å². The number of hydrogen-bond acceptors (Lipinski definition) is 3. The van der Waals surface area contributed by atoms with Gasteiger partial charge in [-0.25, -0.2) is 0 Å². The Balaban J connectivity index is 1.94. The van der Waals surface area contributed by atoms with Crippen molar-refractivity contribution in [1.29, 1.82) is 0 Å². The van der Waals surface area contributed by atoms with Gasteiger partial charge >= 0.3 is 5.97 Å². The Morgan fingerprint density at radius 3 is 3.00 bits per heavy atom. The molecule has 14 heavy (non-hydrogen) atoms. The molecule has 0 radical (unpaired) electrons. The van der Waals surface area contributed by atoms with E-state index in [0.29, 0.717) is 12.2 Å². The Labute approximate surface area is 82.1 Å². The molecule has 1 spiro atoms. The Bertz CT molecular complexity index is 358. The summed E-state index contributed by atoms with van der Waals surface area (Å²) in [6, 6.07) is 0. The molecule has 3 nitrogen and oxygen atoms in total. The first-order valence-electron chi connectivity index (χ1n) is 5.02. The number of hydrogen-bond donors (Lipinski definition) is 0. The van der Waals surface area contributed by atoms with Crippen LogP contribution in [0.3, 0.4) is 0 Å². The van der Waals surface area contributed by atoms with Gasteiger partial charge < -0.3 is 4.74 Å². The number of ketones is 1. The summed E-state index contributed by atoms with van der Waals surface area (Å²) in [5.41, 5.74) is -0.237. The lowest BCUT2D eigenvalue weighted by Gasteiger charge is -2.58. The van der Waals surface area contributed by atoms with Gasteiger partial charge in [-0.3, -0.25) is 9.59 Å². The van der Waals surface area contributed by atoms with E-state index in [-0.39, 0.29) is 29.1 Å². The number of Topliss-reactive ketones (excluding diaryl/α,β-unsaturated/α-hetero) is 1. The zero-order chi connectivity index (χ0) is 9.92. The number of rotatable bonds is 1. The average molecular weight is 192 g/mol. The highest BCUT2D eigenvalue weighted by Crippen LogP contribution is 2.68. The normalized spacial score (nSPS) is 47.5. The smallest absolute Gasteiger partial charge is 0.309 e. The molecule has 0 N–H and O–H groups in total. The third kappa shape index (κ3) is 0.606. The van der Waals surface area contributed by atoms with Crippen LogP contribution >= 0.6 is 0 Å². The maximum Gasteiger partial charge on any atom is 0.309 e. The number of methoxy groups -OCH3 is 1. The van der Waals surface area contributed by atoms with E-state index in [0.717, 1.165) is 6.42 Å². The average Bonchev–Trinajstić information content (AvgIpc) is 2.48. The van der Waals surface area contributed by atoms with Crippen LogP contribution in [0, 0.1) is 23.2 Å². The first kappa shape index (κ1) is 8.21. The SMILES string of the molecule is COC(=O)[C@@H]1[C@@H]2C=CC23C(=O)CC[C@@H]13. The molecule has 0 saturated heterocycles. The molecule has 0 aromatic carbocycles. The van der Waals surface area contributed by atoms with Crippen molar-refractivity contribution in [2.45, 2.75) is 12.8 Å². The maximum atomic E-state index is 11.7. The second kappa shape index (κ2) is 2.27. The zero-order valence-corrected chi connectivity index (χ0v) is 8.03. The van der Waals surface area contributed by atoms with Crippen LogP contribution < -0.4 is 0 Å². The summed E-state index contributed by atoms with van der Waals surface area (Å²) in [7, 11) is 1.42. The zero-order valence-electron chi connectivity index (χ0n) is 8.03. The lowest BCUT2D eigenvalue weighted by molar-refractivity contribution is -0.170. The van der Waals surface area contributed by atoms with Gasteiger partial charge in [-0.1, -0.05) is 12.2 Å². The summed E-state index contributed by atoms with van der Waals surface area (Å²) < 4.78 is 4.76. The van der Waals surface area contributed by atoms with Crippen molar-refractivity contribution in [2.75, 3.05) is 7.11 Å². The van der Waals surface area contributed by atoms with Gasteiger partial charge in [-0.2, -0.15) is 0 Å². The van der Waals surface area contributed by atoms with E-state index in [1.165, 1.54) is 7.11 Å². The summed E-state index contributed by atoms with van der Waals surface area (Å²) in [6.07, 6.45) is 5.48. The van der Waals surface area contributed by atoms with Crippen LogP contribution in [0.4, 0.5) is 0 Å². The van der Waals surface area contributed by atoms with Crippen molar-refractivity contribution in [3.63, 3.8) is 0 Å². The number of carbonyl (C=O) groups is 2. The van der Waals surface area contributed by atoms with Crippen LogP contribution in [0.5, 0.6) is 0 Å². The molecule has 0 aliphatic heterocycles. The third-order valence-corrected chi connectivity index (χ3v) is 4.20. The first-order valence-corrected chi connectivity index (χ1v) is 5.02. The monoisotopic (exact) mass is 192 g/mol. The predicted molar refractivity (Wildman–Crippen MR) is 48.3 cm³/mol. The molecule has 1 unspecified atom stereocenters. The standard InChI is InChI=1S/C11H12O3/c1-14-10(13)9-6-2-3-8(12)11(6)5-4-7(9)11/h4-7,9H,2-3H2,1H3/t6-,7-,9-,11?/m0/s1. The maximum absolute atomic E-state index is 11.7. The summed E-state index contributed by atoms with van der Waals surface area (Å²) in [5, 5.41) is 0. The molecular weight excluding hydrogens is 180 g/mol. The van der Waals surface area contributed by atoms with Crippen LogP contribution in [0.1, 0.15) is 12.8 Å². The quantitative estimate of drug-likeness (QED) is 0.458. The molecular formula is C11H12O3. The molecule has 3 heteroatoms. The van der Waals surface area contributed by atoms with Crippen molar-refractivity contribution in [2.24, 2.45) is 23.2 Å². The minimum Gasteiger partial charge on any atom is -0.469 e. The molecule has 74 valence electrons. The summed E-state index contributed by atoms with van der Waals surface area (Å²) >= 11 is 0. The Morgan fingerprint density at radius 1 is 1.64 bits per heavy atom. The fraction of sp³-hybridized carbons (Fsp3) is 0.636. The molecule has 3 rings (SSSR count). The molecule has 3 aliphatic rings. The highest BCUT2D eigenvalue weighted by atomic mass is 16.5. The molecule has 0 heterocycles. The highest BCUT2D eigenvalue weighted by Gasteiger charge is 2.71. The fourth-order valence-electron chi connectivity index (χ4n) is 3.49. The molecule has 0 amide bonds. The first-order chi connectivity index (χ1) is 6.71. The number of ether oxygens (including phenoxy) is 1. The Hall–Kier alpha value is -1.12. The number of carbonyl (C=O) groups excluding carboxylic acids is 2. The minimum atomic E-state index is -0.237. The van der Waals surface area contributed by atoms with Gasteiger partial charge in [0.05, 0.1) is 18.4 Å². The van der Waals surface area contributed by atoms with Crippen molar-refractivity contribution in [3.05, 3.63) is 12.2 Å². The summed E-state index contributed by atoms with van der Waals surface area (Å²) in [4.78, 5) is 23.1. The van der Waals surface area contributed by atoms with E-state index in [1.54, 1.807) is 0 Å². The van der Waals surface area contributed by atoms with Gasteiger partial charge in [0.2, 0.25) is 0 Å². The predicted octanol–water partition coefficient (Wildman–Crippen LogP) is 0.941. The molecule has 0 aromatic heterocycles. The van der Waals surface area contributed by atoms with E-state index in [9.17, 15) is 9.59 Å². The summed E-state index contributed by atoms with van der Waals surface area (Å²) in [5.74, 6) is 0.522. The topological polar surface area (TPSA) is 43.4 Å². The number of esters is 1. The molecule has 0 bridgehead atoms. The van der Waals surface area contributed by atoms with Gasteiger partial charge in [-0.05, 0) is 12.3 Å². The Kier molecular flexibility index (Phi) is 1.33. The van der Waals surface area contributed by atoms with E-state index in [4.69, 9.17) is 4.74 Å². The summed E-state index contributed by atoms with van der Waals surface area (Å²) in [6.45, 7) is 0. The van der Waals surface area contributed by atoms with E-state index >= 15 is 0 Å². The fourth-order valence-corrected chi connectivity index (χ4v) is 3.49. The van der Waals surface area contributed by atoms with Crippen LogP contribution in [0.2, 0.25) is 0 Å². The second-order valence-electron chi connectivity index (χ2n) is 4.44. The highest BCUT2D eigenvalue weighted by molar-refractivity contribution is 5.96. The van der Waals surface area contributed by atoms with Crippen LogP contribution in [0.15, 0.2) is 12.2 Å². The minimum absolute atomic E-state index is 0.0450. The van der Waals surface area contributed by atoms with Crippen LogP contribution in [0.25, 0.3) is 0 Å². The van der Waals surface area contributed by atoms with Gasteiger partial charge in [0.15, 0.2) is 0 Å². The van der Waals surface area contributed by atoms with Gasteiger partial charge in [-0.15, -0.1) is 0 Å². The molecule has 2 fully saturated rings. The lowest BCUT2D eigenvalue weighted by Crippen LogP contribution is -2.62. The molecule has 3 aliphatic carbocycles. The lowest BCUT2D eigenvalue weighted by atomic mass is 9.42.